The Labute approximate surface area is 124 Å². The van der Waals surface area contributed by atoms with Gasteiger partial charge in [-0.1, -0.05) is 33.6 Å². The molecule has 1 amide bonds. The van der Waals surface area contributed by atoms with Crippen LogP contribution in [-0.2, 0) is 4.79 Å². The van der Waals surface area contributed by atoms with E-state index in [-0.39, 0.29) is 22.8 Å². The molecule has 0 spiro atoms. The number of hydrogen-bond acceptors (Lipinski definition) is 3. The fraction of sp³-hybridized carbons (Fsp3) is 0.938. The van der Waals surface area contributed by atoms with Crippen LogP contribution in [0.1, 0.15) is 52.9 Å². The van der Waals surface area contributed by atoms with E-state index in [1.807, 2.05) is 0 Å². The van der Waals surface area contributed by atoms with Gasteiger partial charge in [-0.05, 0) is 38.8 Å². The molecule has 1 saturated carbocycles. The lowest BCUT2D eigenvalue weighted by Crippen LogP contribution is -2.52. The fourth-order valence-electron chi connectivity index (χ4n) is 3.23. The molecule has 0 radical (unpaired) electrons. The standard InChI is InChI=1S/C16H33N3O/c1-15(2,3)10-13(11-17)14(20)18-12-16(19(4)5)8-6-7-9-16/h13H,6-12,17H2,1-5H3,(H,18,20). The maximum absolute atomic E-state index is 12.4. The summed E-state index contributed by atoms with van der Waals surface area (Å²) in [6.45, 7) is 7.64. The Morgan fingerprint density at radius 2 is 1.85 bits per heavy atom. The molecule has 118 valence electrons. The predicted molar refractivity (Wildman–Crippen MR) is 84.5 cm³/mol. The number of carbonyl (C=O) groups excluding carboxylic acids is 1. The Morgan fingerprint density at radius 1 is 1.30 bits per heavy atom. The van der Waals surface area contributed by atoms with Crippen molar-refractivity contribution in [3.63, 3.8) is 0 Å². The summed E-state index contributed by atoms with van der Waals surface area (Å²) in [4.78, 5) is 14.6. The molecule has 1 unspecified atom stereocenters. The van der Waals surface area contributed by atoms with Gasteiger partial charge in [-0.15, -0.1) is 0 Å². The highest BCUT2D eigenvalue weighted by molar-refractivity contribution is 5.79. The molecule has 1 aliphatic rings. The summed E-state index contributed by atoms with van der Waals surface area (Å²) in [6.07, 6.45) is 5.71. The van der Waals surface area contributed by atoms with Crippen molar-refractivity contribution in [2.24, 2.45) is 17.1 Å². The van der Waals surface area contributed by atoms with Crippen molar-refractivity contribution in [1.82, 2.24) is 10.2 Å². The number of nitrogens with one attached hydrogen (secondary N) is 1. The van der Waals surface area contributed by atoms with Crippen LogP contribution in [0.3, 0.4) is 0 Å². The van der Waals surface area contributed by atoms with Gasteiger partial charge in [0.2, 0.25) is 5.91 Å². The molecule has 1 fully saturated rings. The van der Waals surface area contributed by atoms with Crippen LogP contribution in [-0.4, -0.2) is 43.5 Å². The topological polar surface area (TPSA) is 58.4 Å². The lowest BCUT2D eigenvalue weighted by Gasteiger charge is -2.37. The Balaban J connectivity index is 2.56. The number of hydrogen-bond donors (Lipinski definition) is 2. The van der Waals surface area contributed by atoms with Gasteiger partial charge in [-0.25, -0.2) is 0 Å². The molecule has 0 heterocycles. The van der Waals surface area contributed by atoms with E-state index in [2.05, 4.69) is 45.1 Å². The van der Waals surface area contributed by atoms with Crippen LogP contribution in [0.15, 0.2) is 0 Å². The third-order valence-corrected chi connectivity index (χ3v) is 4.59. The maximum Gasteiger partial charge on any atom is 0.224 e. The Hall–Kier alpha value is -0.610. The largest absolute Gasteiger partial charge is 0.354 e. The highest BCUT2D eigenvalue weighted by Crippen LogP contribution is 2.33. The van der Waals surface area contributed by atoms with Gasteiger partial charge in [0, 0.05) is 18.6 Å². The lowest BCUT2D eigenvalue weighted by molar-refractivity contribution is -0.126. The molecule has 0 aromatic carbocycles. The molecular weight excluding hydrogens is 250 g/mol. The van der Waals surface area contributed by atoms with E-state index in [0.717, 1.165) is 13.0 Å². The maximum atomic E-state index is 12.4. The van der Waals surface area contributed by atoms with Gasteiger partial charge >= 0.3 is 0 Å². The Morgan fingerprint density at radius 3 is 2.25 bits per heavy atom. The summed E-state index contributed by atoms with van der Waals surface area (Å²) in [7, 11) is 4.24. The third-order valence-electron chi connectivity index (χ3n) is 4.59. The van der Waals surface area contributed by atoms with Gasteiger partial charge in [-0.2, -0.15) is 0 Å². The molecule has 1 rings (SSSR count). The summed E-state index contributed by atoms with van der Waals surface area (Å²) in [5.74, 6) is 0.0474. The first-order chi connectivity index (χ1) is 9.20. The first-order valence-electron chi connectivity index (χ1n) is 7.85. The van der Waals surface area contributed by atoms with Crippen molar-refractivity contribution in [2.45, 2.75) is 58.4 Å². The fourth-order valence-corrected chi connectivity index (χ4v) is 3.23. The normalized spacial score (nSPS) is 20.1. The molecule has 0 aromatic heterocycles. The van der Waals surface area contributed by atoms with Gasteiger partial charge in [0.15, 0.2) is 0 Å². The number of nitrogens with zero attached hydrogens (tertiary/aromatic N) is 1. The van der Waals surface area contributed by atoms with Crippen LogP contribution in [0.5, 0.6) is 0 Å². The molecule has 1 aliphatic carbocycles. The molecule has 20 heavy (non-hydrogen) atoms. The highest BCUT2D eigenvalue weighted by Gasteiger charge is 2.36. The highest BCUT2D eigenvalue weighted by atomic mass is 16.1. The second-order valence-electron chi connectivity index (χ2n) is 7.74. The lowest BCUT2D eigenvalue weighted by atomic mass is 9.84. The molecular formula is C16H33N3O. The number of carbonyl (C=O) groups is 1. The van der Waals surface area contributed by atoms with Crippen LogP contribution in [0.25, 0.3) is 0 Å². The van der Waals surface area contributed by atoms with Crippen LogP contribution >= 0.6 is 0 Å². The molecule has 4 heteroatoms. The minimum Gasteiger partial charge on any atom is -0.354 e. The van der Waals surface area contributed by atoms with E-state index in [1.165, 1.54) is 25.7 Å². The van der Waals surface area contributed by atoms with Crippen molar-refractivity contribution >= 4 is 5.91 Å². The number of rotatable bonds is 6. The van der Waals surface area contributed by atoms with Crippen LogP contribution < -0.4 is 11.1 Å². The van der Waals surface area contributed by atoms with Crippen molar-refractivity contribution in [2.75, 3.05) is 27.2 Å². The first kappa shape index (κ1) is 17.4. The van der Waals surface area contributed by atoms with Crippen LogP contribution in [0.2, 0.25) is 0 Å². The zero-order chi connectivity index (χ0) is 15.4. The number of nitrogens with two attached hydrogens (primary N) is 1. The van der Waals surface area contributed by atoms with E-state index in [9.17, 15) is 4.79 Å². The minimum absolute atomic E-state index is 0.0735. The molecule has 4 nitrogen and oxygen atoms in total. The number of likely N-dealkylation sites (N-methyl/N-ethyl adjacent to an activating group) is 1. The smallest absolute Gasteiger partial charge is 0.224 e. The summed E-state index contributed by atoms with van der Waals surface area (Å²) in [6, 6.07) is 0. The summed E-state index contributed by atoms with van der Waals surface area (Å²) < 4.78 is 0. The molecule has 0 aromatic rings. The Kier molecular flexibility index (Phi) is 6.02. The second-order valence-corrected chi connectivity index (χ2v) is 7.74. The zero-order valence-electron chi connectivity index (χ0n) is 14.0. The van der Waals surface area contributed by atoms with Gasteiger partial charge in [0.1, 0.15) is 0 Å². The van der Waals surface area contributed by atoms with Gasteiger partial charge < -0.3 is 16.0 Å². The van der Waals surface area contributed by atoms with E-state index < -0.39 is 0 Å². The Bertz CT molecular complexity index is 314. The van der Waals surface area contributed by atoms with Crippen LogP contribution in [0, 0.1) is 11.3 Å². The SMILES string of the molecule is CN(C)C1(CNC(=O)C(CN)CC(C)(C)C)CCCC1. The van der Waals surface area contributed by atoms with Crippen molar-refractivity contribution in [3.8, 4) is 0 Å². The average molecular weight is 283 g/mol. The van der Waals surface area contributed by atoms with Crippen molar-refractivity contribution in [3.05, 3.63) is 0 Å². The predicted octanol–water partition coefficient (Wildman–Crippen LogP) is 1.99. The van der Waals surface area contributed by atoms with Gasteiger partial charge in [0.05, 0.1) is 5.92 Å². The molecule has 0 aliphatic heterocycles. The molecule has 0 saturated heterocycles. The van der Waals surface area contributed by atoms with E-state index in [1.54, 1.807) is 0 Å². The van der Waals surface area contributed by atoms with Crippen molar-refractivity contribution < 1.29 is 4.79 Å². The second kappa shape index (κ2) is 6.90. The third kappa shape index (κ3) is 4.74. The quantitative estimate of drug-likeness (QED) is 0.784. The van der Waals surface area contributed by atoms with Gasteiger partial charge in [-0.3, -0.25) is 4.79 Å². The molecule has 3 N–H and O–H groups in total. The summed E-state index contributed by atoms with van der Waals surface area (Å²) in [5.41, 5.74) is 6.07. The molecule has 0 bridgehead atoms. The van der Waals surface area contributed by atoms with Gasteiger partial charge in [0.25, 0.3) is 0 Å². The van der Waals surface area contributed by atoms with E-state index in [4.69, 9.17) is 5.73 Å². The monoisotopic (exact) mass is 283 g/mol. The number of amides is 1. The molecule has 1 atom stereocenters. The first-order valence-corrected chi connectivity index (χ1v) is 7.85. The van der Waals surface area contributed by atoms with Crippen LogP contribution in [0.4, 0.5) is 0 Å². The van der Waals surface area contributed by atoms with E-state index >= 15 is 0 Å². The summed E-state index contributed by atoms with van der Waals surface area (Å²) in [5, 5.41) is 3.16. The van der Waals surface area contributed by atoms with E-state index in [0.29, 0.717) is 6.54 Å². The van der Waals surface area contributed by atoms with Crippen molar-refractivity contribution in [1.29, 1.82) is 0 Å². The minimum atomic E-state index is -0.0735. The average Bonchev–Trinajstić information content (AvgIpc) is 2.82. The summed E-state index contributed by atoms with van der Waals surface area (Å²) >= 11 is 0. The zero-order valence-corrected chi connectivity index (χ0v) is 14.0.